The fourth-order valence-corrected chi connectivity index (χ4v) is 3.18. The van der Waals surface area contributed by atoms with Gasteiger partial charge in [-0.05, 0) is 56.5 Å². The highest BCUT2D eigenvalue weighted by atomic mass is 127. The van der Waals surface area contributed by atoms with Crippen molar-refractivity contribution in [3.8, 4) is 11.5 Å². The third-order valence-electron chi connectivity index (χ3n) is 4.80. The van der Waals surface area contributed by atoms with E-state index in [0.29, 0.717) is 13.3 Å². The van der Waals surface area contributed by atoms with Gasteiger partial charge in [0.1, 0.15) is 5.82 Å². The third-order valence-corrected chi connectivity index (χ3v) is 4.80. The number of ether oxygens (including phenoxy) is 2. The minimum Gasteiger partial charge on any atom is -0.454 e. The Morgan fingerprint density at radius 1 is 1.03 bits per heavy atom. The number of benzene rings is 1. The molecule has 1 aromatic carbocycles. The van der Waals surface area contributed by atoms with Crippen molar-refractivity contribution in [3.05, 3.63) is 47.7 Å². The Bertz CT molecular complexity index is 810. The second-order valence-electron chi connectivity index (χ2n) is 6.76. The maximum Gasteiger partial charge on any atom is 0.231 e. The third kappa shape index (κ3) is 6.65. The van der Waals surface area contributed by atoms with Gasteiger partial charge in [-0.2, -0.15) is 0 Å². The Balaban J connectivity index is 0.00000320. The second kappa shape index (κ2) is 12.5. The SMILES string of the molecule is CCNC(=NCc1ccc(N(CC)CC)nc1)NCCc1ccc2c(c1)OCO2.I. The maximum absolute atomic E-state index is 5.44. The highest BCUT2D eigenvalue weighted by Crippen LogP contribution is 2.32. The van der Waals surface area contributed by atoms with E-state index in [1.807, 2.05) is 18.3 Å². The molecular formula is C22H32IN5O2. The van der Waals surface area contributed by atoms with Gasteiger partial charge >= 0.3 is 0 Å². The largest absolute Gasteiger partial charge is 0.454 e. The molecule has 0 fully saturated rings. The van der Waals surface area contributed by atoms with Crippen molar-refractivity contribution in [1.29, 1.82) is 0 Å². The van der Waals surface area contributed by atoms with Gasteiger partial charge in [0.05, 0.1) is 6.54 Å². The van der Waals surface area contributed by atoms with Crippen molar-refractivity contribution >= 4 is 35.8 Å². The molecule has 1 aliphatic heterocycles. The quantitative estimate of drug-likeness (QED) is 0.297. The second-order valence-corrected chi connectivity index (χ2v) is 6.76. The van der Waals surface area contributed by atoms with Crippen LogP contribution in [-0.4, -0.2) is 43.9 Å². The number of guanidine groups is 1. The molecule has 30 heavy (non-hydrogen) atoms. The first-order valence-corrected chi connectivity index (χ1v) is 10.3. The molecule has 1 aliphatic rings. The van der Waals surface area contributed by atoms with Crippen molar-refractivity contribution in [2.24, 2.45) is 4.99 Å². The summed E-state index contributed by atoms with van der Waals surface area (Å²) in [5.74, 6) is 3.46. The van der Waals surface area contributed by atoms with Gasteiger partial charge in [-0.3, -0.25) is 0 Å². The zero-order valence-corrected chi connectivity index (χ0v) is 20.3. The predicted octanol–water partition coefficient (Wildman–Crippen LogP) is 3.57. The number of nitrogens with zero attached hydrogens (tertiary/aromatic N) is 3. The molecule has 0 aliphatic carbocycles. The van der Waals surface area contributed by atoms with Gasteiger partial charge in [-0.15, -0.1) is 24.0 Å². The molecule has 0 radical (unpaired) electrons. The molecular weight excluding hydrogens is 493 g/mol. The molecule has 2 heterocycles. The summed E-state index contributed by atoms with van der Waals surface area (Å²) in [5.41, 5.74) is 2.29. The molecule has 0 unspecified atom stereocenters. The van der Waals surface area contributed by atoms with E-state index in [1.165, 1.54) is 5.56 Å². The van der Waals surface area contributed by atoms with Crippen LogP contribution in [-0.2, 0) is 13.0 Å². The Morgan fingerprint density at radius 3 is 2.50 bits per heavy atom. The topological polar surface area (TPSA) is 71.0 Å². The van der Waals surface area contributed by atoms with Crippen LogP contribution < -0.4 is 25.0 Å². The summed E-state index contributed by atoms with van der Waals surface area (Å²) in [6.07, 6.45) is 2.79. The molecule has 164 valence electrons. The van der Waals surface area contributed by atoms with Crippen LogP contribution in [0.2, 0.25) is 0 Å². The Morgan fingerprint density at radius 2 is 1.80 bits per heavy atom. The summed E-state index contributed by atoms with van der Waals surface area (Å²) < 4.78 is 10.8. The highest BCUT2D eigenvalue weighted by Gasteiger charge is 2.13. The molecule has 2 aromatic rings. The molecule has 0 amide bonds. The van der Waals surface area contributed by atoms with Crippen LogP contribution in [0.3, 0.4) is 0 Å². The smallest absolute Gasteiger partial charge is 0.231 e. The van der Waals surface area contributed by atoms with Gasteiger partial charge in [0, 0.05) is 32.4 Å². The van der Waals surface area contributed by atoms with Crippen LogP contribution in [0.15, 0.2) is 41.5 Å². The fourth-order valence-electron chi connectivity index (χ4n) is 3.18. The van der Waals surface area contributed by atoms with Gasteiger partial charge in [0.25, 0.3) is 0 Å². The average molecular weight is 525 g/mol. The zero-order chi connectivity index (χ0) is 20.5. The first-order valence-electron chi connectivity index (χ1n) is 10.3. The average Bonchev–Trinajstić information content (AvgIpc) is 3.22. The lowest BCUT2D eigenvalue weighted by Gasteiger charge is -2.19. The number of rotatable bonds is 9. The molecule has 1 aromatic heterocycles. The number of fused-ring (bicyclic) bond motifs is 1. The van der Waals surface area contributed by atoms with E-state index < -0.39 is 0 Å². The Labute approximate surface area is 196 Å². The lowest BCUT2D eigenvalue weighted by Crippen LogP contribution is -2.38. The van der Waals surface area contributed by atoms with E-state index in [-0.39, 0.29) is 24.0 Å². The summed E-state index contributed by atoms with van der Waals surface area (Å²) in [4.78, 5) is 11.5. The molecule has 2 N–H and O–H groups in total. The summed E-state index contributed by atoms with van der Waals surface area (Å²) in [7, 11) is 0. The highest BCUT2D eigenvalue weighted by molar-refractivity contribution is 14.0. The van der Waals surface area contributed by atoms with E-state index in [1.54, 1.807) is 0 Å². The summed E-state index contributed by atoms with van der Waals surface area (Å²) in [6.45, 7) is 10.7. The van der Waals surface area contributed by atoms with Crippen LogP contribution >= 0.6 is 24.0 Å². The van der Waals surface area contributed by atoms with E-state index in [2.05, 4.69) is 64.5 Å². The van der Waals surface area contributed by atoms with Crippen LogP contribution in [0, 0.1) is 0 Å². The molecule has 0 saturated carbocycles. The first-order chi connectivity index (χ1) is 14.2. The molecule has 7 nitrogen and oxygen atoms in total. The van der Waals surface area contributed by atoms with E-state index in [0.717, 1.165) is 61.4 Å². The van der Waals surface area contributed by atoms with Gasteiger partial charge in [-0.1, -0.05) is 12.1 Å². The molecule has 0 bridgehead atoms. The number of hydrogen-bond acceptors (Lipinski definition) is 5. The molecule has 3 rings (SSSR count). The number of aromatic nitrogens is 1. The zero-order valence-electron chi connectivity index (χ0n) is 18.0. The minimum absolute atomic E-state index is 0. The van der Waals surface area contributed by atoms with E-state index >= 15 is 0 Å². The lowest BCUT2D eigenvalue weighted by molar-refractivity contribution is 0.174. The van der Waals surface area contributed by atoms with Gasteiger partial charge in [0.2, 0.25) is 6.79 Å². The summed E-state index contributed by atoms with van der Waals surface area (Å²) in [6, 6.07) is 10.2. The van der Waals surface area contributed by atoms with Crippen LogP contribution in [0.1, 0.15) is 31.9 Å². The van der Waals surface area contributed by atoms with Crippen molar-refractivity contribution < 1.29 is 9.47 Å². The normalized spacial score (nSPS) is 12.3. The Hall–Kier alpha value is -2.23. The van der Waals surface area contributed by atoms with E-state index in [4.69, 9.17) is 9.47 Å². The Kier molecular flexibility index (Phi) is 9.99. The number of pyridine rings is 1. The predicted molar refractivity (Wildman–Crippen MR) is 132 cm³/mol. The van der Waals surface area contributed by atoms with E-state index in [9.17, 15) is 0 Å². The minimum atomic E-state index is 0. The van der Waals surface area contributed by atoms with Crippen molar-refractivity contribution in [2.45, 2.75) is 33.7 Å². The summed E-state index contributed by atoms with van der Waals surface area (Å²) >= 11 is 0. The van der Waals surface area contributed by atoms with Gasteiger partial charge in [0.15, 0.2) is 17.5 Å². The monoisotopic (exact) mass is 525 g/mol. The number of aliphatic imine (C=N–C) groups is 1. The number of nitrogens with one attached hydrogen (secondary N) is 2. The molecule has 0 atom stereocenters. The van der Waals surface area contributed by atoms with Gasteiger partial charge < -0.3 is 25.0 Å². The summed E-state index contributed by atoms with van der Waals surface area (Å²) in [5, 5.41) is 6.69. The van der Waals surface area contributed by atoms with Crippen molar-refractivity contribution in [3.63, 3.8) is 0 Å². The van der Waals surface area contributed by atoms with Crippen molar-refractivity contribution in [2.75, 3.05) is 37.9 Å². The fraction of sp³-hybridized carbons (Fsp3) is 0.455. The first kappa shape index (κ1) is 24.0. The molecule has 0 saturated heterocycles. The molecule has 0 spiro atoms. The maximum atomic E-state index is 5.44. The van der Waals surface area contributed by atoms with Crippen LogP contribution in [0.25, 0.3) is 0 Å². The van der Waals surface area contributed by atoms with Gasteiger partial charge in [-0.25, -0.2) is 9.98 Å². The van der Waals surface area contributed by atoms with Crippen LogP contribution in [0.5, 0.6) is 11.5 Å². The number of anilines is 1. The van der Waals surface area contributed by atoms with Crippen LogP contribution in [0.4, 0.5) is 5.82 Å². The van der Waals surface area contributed by atoms with Crippen molar-refractivity contribution in [1.82, 2.24) is 15.6 Å². The standard InChI is InChI=1S/C22H31N5O2.HI/c1-4-23-22(24-12-11-17-7-9-19-20(13-17)29-16-28-19)26-15-18-8-10-21(25-14-18)27(5-2)6-3;/h7-10,13-14H,4-6,11-12,15-16H2,1-3H3,(H2,23,24,26);1H. The number of halogens is 1. The number of hydrogen-bond donors (Lipinski definition) is 2. The molecule has 8 heteroatoms. The lowest BCUT2D eigenvalue weighted by atomic mass is 10.1.